The number of aliphatic hydroxyl groups excluding tert-OH is 1. The van der Waals surface area contributed by atoms with Crippen LogP contribution in [0.15, 0.2) is 46.9 Å². The summed E-state index contributed by atoms with van der Waals surface area (Å²) in [5.41, 5.74) is 1.79. The van der Waals surface area contributed by atoms with Crippen LogP contribution in [0, 0.1) is 0 Å². The number of halogens is 1. The molecule has 2 aromatic rings. The van der Waals surface area contributed by atoms with E-state index in [1.165, 1.54) is 0 Å². The van der Waals surface area contributed by atoms with Gasteiger partial charge >= 0.3 is 0 Å². The Hall–Kier alpha value is -1.52. The average Bonchev–Trinajstić information content (AvgIpc) is 2.46. The molecule has 0 radical (unpaired) electrons. The Balaban J connectivity index is 2.08. The van der Waals surface area contributed by atoms with E-state index in [1.54, 1.807) is 13.2 Å². The third-order valence-electron chi connectivity index (χ3n) is 2.75. The monoisotopic (exact) mass is 322 g/mol. The molecule has 0 aliphatic carbocycles. The summed E-state index contributed by atoms with van der Waals surface area (Å²) in [5.74, 6) is 1.38. The second kappa shape index (κ2) is 6.59. The molecule has 3 nitrogen and oxygen atoms in total. The van der Waals surface area contributed by atoms with Gasteiger partial charge in [0.2, 0.25) is 0 Å². The van der Waals surface area contributed by atoms with E-state index in [0.29, 0.717) is 18.1 Å². The molecule has 0 aliphatic rings. The van der Waals surface area contributed by atoms with Crippen molar-refractivity contribution in [3.63, 3.8) is 0 Å². The smallest absolute Gasteiger partial charge is 0.125 e. The zero-order valence-electron chi connectivity index (χ0n) is 10.6. The maximum Gasteiger partial charge on any atom is 0.125 e. The minimum Gasteiger partial charge on any atom is -0.497 e. The third-order valence-corrected chi connectivity index (χ3v) is 3.27. The fraction of sp³-hybridized carbons (Fsp3) is 0.200. The normalized spacial score (nSPS) is 10.3. The molecule has 2 aromatic carbocycles. The lowest BCUT2D eigenvalue weighted by molar-refractivity contribution is 0.258. The molecule has 0 atom stereocenters. The van der Waals surface area contributed by atoms with Gasteiger partial charge < -0.3 is 14.6 Å². The van der Waals surface area contributed by atoms with E-state index >= 15 is 0 Å². The number of ether oxygens (including phenoxy) is 2. The Morgan fingerprint density at radius 1 is 1.11 bits per heavy atom. The van der Waals surface area contributed by atoms with Gasteiger partial charge in [-0.3, -0.25) is 0 Å². The summed E-state index contributed by atoms with van der Waals surface area (Å²) in [6, 6.07) is 13.3. The first-order chi connectivity index (χ1) is 9.22. The van der Waals surface area contributed by atoms with E-state index in [-0.39, 0.29) is 6.61 Å². The maximum absolute atomic E-state index is 9.33. The minimum atomic E-state index is -0.0765. The summed E-state index contributed by atoms with van der Waals surface area (Å²) < 4.78 is 11.9. The van der Waals surface area contributed by atoms with Crippen LogP contribution in [0.25, 0.3) is 0 Å². The molecule has 0 spiro atoms. The molecular formula is C15H15BrO3. The molecule has 1 N–H and O–H groups in total. The third kappa shape index (κ3) is 3.72. The first-order valence-corrected chi connectivity index (χ1v) is 6.67. The molecule has 0 saturated carbocycles. The van der Waals surface area contributed by atoms with Crippen LogP contribution in [0.4, 0.5) is 0 Å². The SMILES string of the molecule is COc1ccc(OCc2ccc(Br)cc2)c(CO)c1. The predicted octanol–water partition coefficient (Wildman–Crippen LogP) is 3.53. The first-order valence-electron chi connectivity index (χ1n) is 5.88. The number of hydrogen-bond acceptors (Lipinski definition) is 3. The van der Waals surface area contributed by atoms with Crippen LogP contribution in [-0.2, 0) is 13.2 Å². The summed E-state index contributed by atoms with van der Waals surface area (Å²) in [6.45, 7) is 0.388. The van der Waals surface area contributed by atoms with Crippen molar-refractivity contribution in [2.24, 2.45) is 0 Å². The van der Waals surface area contributed by atoms with Gasteiger partial charge in [0.25, 0.3) is 0 Å². The van der Waals surface area contributed by atoms with Crippen LogP contribution in [0.3, 0.4) is 0 Å². The highest BCUT2D eigenvalue weighted by Crippen LogP contribution is 2.25. The van der Waals surface area contributed by atoms with Gasteiger partial charge in [-0.25, -0.2) is 0 Å². The number of methoxy groups -OCH3 is 1. The standard InChI is InChI=1S/C15H15BrO3/c1-18-14-6-7-15(12(8-14)9-17)19-10-11-2-4-13(16)5-3-11/h2-8,17H,9-10H2,1H3. The number of hydrogen-bond donors (Lipinski definition) is 1. The van der Waals surface area contributed by atoms with Crippen molar-refractivity contribution in [1.29, 1.82) is 0 Å². The molecule has 0 heterocycles. The van der Waals surface area contributed by atoms with Gasteiger partial charge in [0.15, 0.2) is 0 Å². The van der Waals surface area contributed by atoms with Crippen molar-refractivity contribution in [2.75, 3.05) is 7.11 Å². The van der Waals surface area contributed by atoms with Crippen LogP contribution < -0.4 is 9.47 Å². The molecule has 0 amide bonds. The Morgan fingerprint density at radius 3 is 2.47 bits per heavy atom. The van der Waals surface area contributed by atoms with E-state index in [1.807, 2.05) is 36.4 Å². The van der Waals surface area contributed by atoms with Gasteiger partial charge in [-0.1, -0.05) is 28.1 Å². The first kappa shape index (κ1) is 13.9. The van der Waals surface area contributed by atoms with Crippen LogP contribution >= 0.6 is 15.9 Å². The number of rotatable bonds is 5. The van der Waals surface area contributed by atoms with Crippen LogP contribution in [0.1, 0.15) is 11.1 Å². The lowest BCUT2D eigenvalue weighted by Crippen LogP contribution is -1.99. The Labute approximate surface area is 120 Å². The second-order valence-corrected chi connectivity index (χ2v) is 4.96. The van der Waals surface area contributed by atoms with Gasteiger partial charge in [-0.05, 0) is 35.9 Å². The fourth-order valence-electron chi connectivity index (χ4n) is 1.69. The molecule has 100 valence electrons. The zero-order valence-corrected chi connectivity index (χ0v) is 12.2. The molecule has 0 aromatic heterocycles. The van der Waals surface area contributed by atoms with E-state index in [9.17, 15) is 5.11 Å². The number of aliphatic hydroxyl groups is 1. The number of benzene rings is 2. The summed E-state index contributed by atoms with van der Waals surface area (Å²) in [5, 5.41) is 9.33. The van der Waals surface area contributed by atoms with Gasteiger partial charge in [-0.15, -0.1) is 0 Å². The van der Waals surface area contributed by atoms with E-state index in [2.05, 4.69) is 15.9 Å². The molecular weight excluding hydrogens is 308 g/mol. The maximum atomic E-state index is 9.33. The molecule has 19 heavy (non-hydrogen) atoms. The Bertz CT molecular complexity index is 538. The van der Waals surface area contributed by atoms with Crippen molar-refractivity contribution in [3.05, 3.63) is 58.1 Å². The van der Waals surface area contributed by atoms with Crippen LogP contribution in [0.5, 0.6) is 11.5 Å². The zero-order chi connectivity index (χ0) is 13.7. The molecule has 0 saturated heterocycles. The van der Waals surface area contributed by atoms with Crippen molar-refractivity contribution < 1.29 is 14.6 Å². The highest BCUT2D eigenvalue weighted by molar-refractivity contribution is 9.10. The highest BCUT2D eigenvalue weighted by atomic mass is 79.9. The Morgan fingerprint density at radius 2 is 1.84 bits per heavy atom. The molecule has 0 aliphatic heterocycles. The van der Waals surface area contributed by atoms with Crippen molar-refractivity contribution >= 4 is 15.9 Å². The molecule has 4 heteroatoms. The van der Waals surface area contributed by atoms with Crippen LogP contribution in [0.2, 0.25) is 0 Å². The Kier molecular flexibility index (Phi) is 4.82. The average molecular weight is 323 g/mol. The second-order valence-electron chi connectivity index (χ2n) is 4.05. The van der Waals surface area contributed by atoms with Crippen molar-refractivity contribution in [3.8, 4) is 11.5 Å². The van der Waals surface area contributed by atoms with Gasteiger partial charge in [0.05, 0.1) is 13.7 Å². The van der Waals surface area contributed by atoms with E-state index in [4.69, 9.17) is 9.47 Å². The van der Waals surface area contributed by atoms with Gasteiger partial charge in [-0.2, -0.15) is 0 Å². The van der Waals surface area contributed by atoms with E-state index in [0.717, 1.165) is 15.6 Å². The van der Waals surface area contributed by atoms with Crippen molar-refractivity contribution in [2.45, 2.75) is 13.2 Å². The van der Waals surface area contributed by atoms with Crippen molar-refractivity contribution in [1.82, 2.24) is 0 Å². The summed E-state index contributed by atoms with van der Waals surface area (Å²) in [6.07, 6.45) is 0. The quantitative estimate of drug-likeness (QED) is 0.915. The van der Waals surface area contributed by atoms with E-state index < -0.39 is 0 Å². The minimum absolute atomic E-state index is 0.0765. The van der Waals surface area contributed by atoms with Gasteiger partial charge in [0.1, 0.15) is 18.1 Å². The van der Waals surface area contributed by atoms with Gasteiger partial charge in [0, 0.05) is 10.0 Å². The molecule has 0 unspecified atom stereocenters. The van der Waals surface area contributed by atoms with Crippen LogP contribution in [-0.4, -0.2) is 12.2 Å². The fourth-order valence-corrected chi connectivity index (χ4v) is 1.95. The molecule has 0 bridgehead atoms. The largest absolute Gasteiger partial charge is 0.497 e. The summed E-state index contributed by atoms with van der Waals surface area (Å²) >= 11 is 3.39. The predicted molar refractivity (Wildman–Crippen MR) is 77.4 cm³/mol. The summed E-state index contributed by atoms with van der Waals surface area (Å²) in [4.78, 5) is 0. The summed E-state index contributed by atoms with van der Waals surface area (Å²) in [7, 11) is 1.60. The lowest BCUT2D eigenvalue weighted by Gasteiger charge is -2.11. The molecule has 0 fully saturated rings. The highest BCUT2D eigenvalue weighted by Gasteiger charge is 2.05. The topological polar surface area (TPSA) is 38.7 Å². The lowest BCUT2D eigenvalue weighted by atomic mass is 10.2. The molecule has 2 rings (SSSR count).